The predicted molar refractivity (Wildman–Crippen MR) is 80.8 cm³/mol. The molecule has 0 bridgehead atoms. The third-order valence-electron chi connectivity index (χ3n) is 3.48. The number of aryl methyl sites for hydroxylation is 2. The Morgan fingerprint density at radius 2 is 1.65 bits per heavy atom. The molecule has 124 valence electrons. The number of aromatic nitrogens is 4. The van der Waals surface area contributed by atoms with Crippen LogP contribution in [0.5, 0.6) is 0 Å². The summed E-state index contributed by atoms with van der Waals surface area (Å²) in [5.41, 5.74) is -0.591. The fourth-order valence-electron chi connectivity index (χ4n) is 2.35. The molecule has 0 atom stereocenters. The highest BCUT2D eigenvalue weighted by atomic mass is 32.1. The molecule has 1 fully saturated rings. The van der Waals surface area contributed by atoms with Crippen molar-refractivity contribution < 1.29 is 13.2 Å². The second kappa shape index (κ2) is 5.91. The van der Waals surface area contributed by atoms with Gasteiger partial charge in [0.05, 0.1) is 0 Å². The zero-order valence-electron chi connectivity index (χ0n) is 12.6. The summed E-state index contributed by atoms with van der Waals surface area (Å²) in [7, 11) is 0. The molecule has 23 heavy (non-hydrogen) atoms. The number of alkyl halides is 3. The lowest BCUT2D eigenvalue weighted by atomic mass is 10.3. The van der Waals surface area contributed by atoms with Gasteiger partial charge in [0.1, 0.15) is 11.5 Å². The summed E-state index contributed by atoms with van der Waals surface area (Å²) in [4.78, 5) is 16.0. The average Bonchev–Trinajstić information content (AvgIpc) is 2.92. The van der Waals surface area contributed by atoms with Crippen LogP contribution in [-0.2, 0) is 6.18 Å². The van der Waals surface area contributed by atoms with E-state index in [2.05, 4.69) is 24.2 Å². The number of anilines is 2. The second-order valence-corrected chi connectivity index (χ2v) is 6.02. The normalized spacial score (nSPS) is 16.0. The molecule has 0 spiro atoms. The highest BCUT2D eigenvalue weighted by Gasteiger charge is 2.34. The van der Waals surface area contributed by atoms with Gasteiger partial charge < -0.3 is 9.80 Å². The number of rotatable bonds is 2. The molecule has 0 unspecified atom stereocenters. The van der Waals surface area contributed by atoms with Gasteiger partial charge in [-0.25, -0.2) is 15.0 Å². The fourth-order valence-corrected chi connectivity index (χ4v) is 3.08. The minimum atomic E-state index is -4.46. The molecule has 0 amide bonds. The molecule has 0 aliphatic carbocycles. The van der Waals surface area contributed by atoms with E-state index in [4.69, 9.17) is 0 Å². The van der Waals surface area contributed by atoms with Crippen LogP contribution < -0.4 is 9.80 Å². The van der Waals surface area contributed by atoms with Crippen molar-refractivity contribution in [2.24, 2.45) is 0 Å². The van der Waals surface area contributed by atoms with Gasteiger partial charge in [0.25, 0.3) is 0 Å². The van der Waals surface area contributed by atoms with Crippen LogP contribution in [0.4, 0.5) is 24.3 Å². The molecule has 3 heterocycles. The molecule has 2 aromatic rings. The lowest BCUT2D eigenvalue weighted by Gasteiger charge is -2.34. The number of nitrogens with zero attached hydrogens (tertiary/aromatic N) is 6. The van der Waals surface area contributed by atoms with Crippen molar-refractivity contribution in [1.82, 2.24) is 19.3 Å². The molecule has 1 saturated heterocycles. The van der Waals surface area contributed by atoms with Crippen LogP contribution >= 0.6 is 11.5 Å². The highest BCUT2D eigenvalue weighted by Crippen LogP contribution is 2.29. The first-order valence-electron chi connectivity index (χ1n) is 7.06. The van der Waals surface area contributed by atoms with Crippen LogP contribution in [0.2, 0.25) is 0 Å². The Kier molecular flexibility index (Phi) is 4.09. The van der Waals surface area contributed by atoms with Crippen LogP contribution in [0.15, 0.2) is 6.07 Å². The van der Waals surface area contributed by atoms with Crippen molar-refractivity contribution in [2.45, 2.75) is 20.0 Å². The summed E-state index contributed by atoms with van der Waals surface area (Å²) < 4.78 is 42.8. The number of piperazine rings is 1. The van der Waals surface area contributed by atoms with Gasteiger partial charge in [-0.15, -0.1) is 0 Å². The van der Waals surface area contributed by atoms with Crippen molar-refractivity contribution in [1.29, 1.82) is 0 Å². The van der Waals surface area contributed by atoms with Crippen molar-refractivity contribution in [2.75, 3.05) is 36.0 Å². The van der Waals surface area contributed by atoms with E-state index in [9.17, 15) is 13.2 Å². The standard InChI is InChI=1S/C13H15F3N6S/c1-8-7-10(13(14,15)16)19-11(17-8)21-3-5-22(6-4-21)12-18-9(2)20-23-12/h7H,3-6H2,1-2H3. The molecule has 3 rings (SSSR count). The summed E-state index contributed by atoms with van der Waals surface area (Å²) in [6, 6.07) is 0.962. The Morgan fingerprint density at radius 1 is 1.00 bits per heavy atom. The Balaban J connectivity index is 1.74. The lowest BCUT2D eigenvalue weighted by molar-refractivity contribution is -0.141. The molecule has 10 heteroatoms. The summed E-state index contributed by atoms with van der Waals surface area (Å²) in [5, 5.41) is 0.836. The minimum Gasteiger partial charge on any atom is -0.343 e. The quantitative estimate of drug-likeness (QED) is 0.833. The molecule has 0 N–H and O–H groups in total. The van der Waals surface area contributed by atoms with Gasteiger partial charge in [0.2, 0.25) is 11.1 Å². The Labute approximate surface area is 135 Å². The minimum absolute atomic E-state index is 0.130. The van der Waals surface area contributed by atoms with E-state index in [0.29, 0.717) is 31.9 Å². The SMILES string of the molecule is Cc1cc(C(F)(F)F)nc(N2CCN(c3nc(C)ns3)CC2)n1. The van der Waals surface area contributed by atoms with Gasteiger partial charge in [0, 0.05) is 43.4 Å². The number of halogens is 3. The molecule has 0 aromatic carbocycles. The fraction of sp³-hybridized carbons (Fsp3) is 0.538. The van der Waals surface area contributed by atoms with Gasteiger partial charge in [-0.3, -0.25) is 0 Å². The Bertz CT molecular complexity index is 693. The second-order valence-electron chi connectivity index (χ2n) is 5.29. The summed E-state index contributed by atoms with van der Waals surface area (Å²) >= 11 is 1.33. The smallest absolute Gasteiger partial charge is 0.343 e. The van der Waals surface area contributed by atoms with E-state index in [1.54, 1.807) is 11.8 Å². The summed E-state index contributed by atoms with van der Waals surface area (Å²) in [6.07, 6.45) is -4.46. The Hall–Kier alpha value is -1.97. The molecule has 1 aliphatic rings. The summed E-state index contributed by atoms with van der Waals surface area (Å²) in [6.45, 7) is 5.75. The first-order chi connectivity index (χ1) is 10.8. The molecular formula is C13H15F3N6S. The van der Waals surface area contributed by atoms with Gasteiger partial charge in [-0.05, 0) is 19.9 Å². The molecule has 0 radical (unpaired) electrons. The number of hydrogen-bond donors (Lipinski definition) is 0. The third kappa shape index (κ3) is 3.52. The van der Waals surface area contributed by atoms with E-state index >= 15 is 0 Å². The average molecular weight is 344 g/mol. The maximum Gasteiger partial charge on any atom is 0.433 e. The molecule has 1 aliphatic heterocycles. The molecular weight excluding hydrogens is 329 g/mol. The van der Waals surface area contributed by atoms with Gasteiger partial charge in [0.15, 0.2) is 0 Å². The topological polar surface area (TPSA) is 58.0 Å². The number of hydrogen-bond acceptors (Lipinski definition) is 7. The first kappa shape index (κ1) is 15.9. The Morgan fingerprint density at radius 3 is 2.22 bits per heavy atom. The monoisotopic (exact) mass is 344 g/mol. The van der Waals surface area contributed by atoms with E-state index in [-0.39, 0.29) is 5.95 Å². The first-order valence-corrected chi connectivity index (χ1v) is 7.83. The van der Waals surface area contributed by atoms with E-state index < -0.39 is 11.9 Å². The van der Waals surface area contributed by atoms with Crippen LogP contribution in [0.3, 0.4) is 0 Å². The van der Waals surface area contributed by atoms with Crippen LogP contribution in [0, 0.1) is 13.8 Å². The van der Waals surface area contributed by atoms with Crippen molar-refractivity contribution in [3.05, 3.63) is 23.3 Å². The van der Waals surface area contributed by atoms with Gasteiger partial charge >= 0.3 is 6.18 Å². The summed E-state index contributed by atoms with van der Waals surface area (Å²) in [5.74, 6) is 0.856. The van der Waals surface area contributed by atoms with Gasteiger partial charge in [-0.1, -0.05) is 0 Å². The van der Waals surface area contributed by atoms with Crippen LogP contribution in [0.25, 0.3) is 0 Å². The van der Waals surface area contributed by atoms with Crippen molar-refractivity contribution in [3.63, 3.8) is 0 Å². The zero-order valence-corrected chi connectivity index (χ0v) is 13.4. The van der Waals surface area contributed by atoms with E-state index in [0.717, 1.165) is 17.0 Å². The van der Waals surface area contributed by atoms with Gasteiger partial charge in [-0.2, -0.15) is 17.5 Å². The lowest BCUT2D eigenvalue weighted by Crippen LogP contribution is -2.47. The van der Waals surface area contributed by atoms with Crippen molar-refractivity contribution in [3.8, 4) is 0 Å². The molecule has 0 saturated carbocycles. The van der Waals surface area contributed by atoms with Crippen LogP contribution in [0.1, 0.15) is 17.2 Å². The third-order valence-corrected chi connectivity index (χ3v) is 4.35. The predicted octanol–water partition coefficient (Wildman–Crippen LogP) is 2.29. The zero-order chi connectivity index (χ0) is 16.6. The largest absolute Gasteiger partial charge is 0.433 e. The van der Waals surface area contributed by atoms with E-state index in [1.165, 1.54) is 11.5 Å². The van der Waals surface area contributed by atoms with Crippen molar-refractivity contribution >= 4 is 22.6 Å². The maximum atomic E-state index is 12.9. The van der Waals surface area contributed by atoms with Crippen LogP contribution in [-0.4, -0.2) is 45.5 Å². The van der Waals surface area contributed by atoms with E-state index in [1.807, 2.05) is 6.92 Å². The highest BCUT2D eigenvalue weighted by molar-refractivity contribution is 7.09. The molecule has 2 aromatic heterocycles. The molecule has 6 nitrogen and oxygen atoms in total. The maximum absolute atomic E-state index is 12.9.